The van der Waals surface area contributed by atoms with Crippen LogP contribution in [-0.2, 0) is 6.54 Å². The lowest BCUT2D eigenvalue weighted by Gasteiger charge is -2.42. The number of halogens is 2. The van der Waals surface area contributed by atoms with Crippen LogP contribution in [0.2, 0.25) is 0 Å². The van der Waals surface area contributed by atoms with E-state index in [9.17, 15) is 8.78 Å². The fourth-order valence-corrected chi connectivity index (χ4v) is 5.93. The Bertz CT molecular complexity index is 982. The Balaban J connectivity index is 0.00000141. The maximum absolute atomic E-state index is 12.9. The number of hydrogen-bond donors (Lipinski definition) is 0. The summed E-state index contributed by atoms with van der Waals surface area (Å²) in [4.78, 5) is 2.70. The molecule has 1 aliphatic carbocycles. The van der Waals surface area contributed by atoms with Crippen molar-refractivity contribution in [2.75, 3.05) is 17.4 Å². The normalized spacial score (nSPS) is 19.0. The van der Waals surface area contributed by atoms with Crippen LogP contribution in [0, 0.1) is 0 Å². The summed E-state index contributed by atoms with van der Waals surface area (Å²) in [5.74, 6) is 0. The molecular formula is C28H36F2N4S. The van der Waals surface area contributed by atoms with E-state index in [1.165, 1.54) is 56.4 Å². The number of rotatable bonds is 8. The molecule has 2 heterocycles. The van der Waals surface area contributed by atoms with Crippen LogP contribution in [-0.4, -0.2) is 47.1 Å². The third kappa shape index (κ3) is 6.70. The van der Waals surface area contributed by atoms with Crippen molar-refractivity contribution in [2.24, 2.45) is 10.2 Å². The van der Waals surface area contributed by atoms with E-state index in [1.54, 1.807) is 0 Å². The molecule has 2 fully saturated rings. The van der Waals surface area contributed by atoms with E-state index in [-0.39, 0.29) is 12.1 Å². The first-order chi connectivity index (χ1) is 17.2. The lowest BCUT2D eigenvalue weighted by molar-refractivity contribution is 0.107. The van der Waals surface area contributed by atoms with Crippen molar-refractivity contribution in [3.8, 4) is 0 Å². The van der Waals surface area contributed by atoms with Gasteiger partial charge in [0.1, 0.15) is 5.71 Å². The first kappa shape index (κ1) is 25.8. The van der Waals surface area contributed by atoms with Gasteiger partial charge in [0.2, 0.25) is 0 Å². The second kappa shape index (κ2) is 12.6. The summed E-state index contributed by atoms with van der Waals surface area (Å²) in [6.07, 6.45) is 4.21. The van der Waals surface area contributed by atoms with Crippen molar-refractivity contribution in [3.05, 3.63) is 65.7 Å². The van der Waals surface area contributed by atoms with Gasteiger partial charge >= 0.3 is 0 Å². The van der Waals surface area contributed by atoms with E-state index < -0.39 is 6.43 Å². The largest absolute Gasteiger partial charge is 0.312 e. The summed E-state index contributed by atoms with van der Waals surface area (Å²) in [5, 5.41) is 8.22. The number of likely N-dealkylation sites (tertiary alicyclic amines) is 1. The van der Waals surface area contributed by atoms with E-state index in [0.29, 0.717) is 11.0 Å². The van der Waals surface area contributed by atoms with Gasteiger partial charge in [-0.2, -0.15) is 10.2 Å². The maximum Gasteiger partial charge on any atom is 0.278 e. The lowest BCUT2D eigenvalue weighted by atomic mass is 9.90. The number of benzene rings is 2. The number of alkyl halides is 2. The van der Waals surface area contributed by atoms with E-state index >= 15 is 0 Å². The Hall–Kier alpha value is -2.25. The zero-order valence-corrected chi connectivity index (χ0v) is 21.6. The van der Waals surface area contributed by atoms with Gasteiger partial charge in [-0.15, -0.1) is 0 Å². The highest BCUT2D eigenvalue weighted by Crippen LogP contribution is 2.35. The Morgan fingerprint density at radius 3 is 2.20 bits per heavy atom. The molecule has 1 saturated heterocycles. The molecule has 3 aliphatic rings. The van der Waals surface area contributed by atoms with Gasteiger partial charge in [-0.1, -0.05) is 62.7 Å². The highest BCUT2D eigenvalue weighted by Gasteiger charge is 2.30. The first-order valence-electron chi connectivity index (χ1n) is 12.9. The van der Waals surface area contributed by atoms with Crippen LogP contribution >= 0.6 is 11.9 Å². The fourth-order valence-electron chi connectivity index (χ4n) is 4.68. The second-order valence-corrected chi connectivity index (χ2v) is 10.4. The minimum absolute atomic E-state index is 0.128. The molecule has 0 N–H and O–H groups in total. The Morgan fingerprint density at radius 1 is 0.943 bits per heavy atom. The molecule has 2 aliphatic heterocycles. The predicted molar refractivity (Wildman–Crippen MR) is 145 cm³/mol. The van der Waals surface area contributed by atoms with Gasteiger partial charge in [0.15, 0.2) is 0 Å². The van der Waals surface area contributed by atoms with Crippen molar-refractivity contribution in [1.29, 1.82) is 0 Å². The number of para-hydroxylation sites is 1. The van der Waals surface area contributed by atoms with E-state index in [0.717, 1.165) is 18.2 Å². The molecule has 4 nitrogen and oxygen atoms in total. The van der Waals surface area contributed by atoms with Crippen LogP contribution in [0.25, 0.3) is 0 Å². The summed E-state index contributed by atoms with van der Waals surface area (Å²) in [5.41, 5.74) is 3.73. The highest BCUT2D eigenvalue weighted by molar-refractivity contribution is 8.01. The molecule has 0 unspecified atom stereocenters. The van der Waals surface area contributed by atoms with Gasteiger partial charge in [0, 0.05) is 23.4 Å². The monoisotopic (exact) mass is 498 g/mol. The highest BCUT2D eigenvalue weighted by atomic mass is 32.2. The average molecular weight is 499 g/mol. The molecule has 5 rings (SSSR count). The molecule has 0 aromatic heterocycles. The zero-order valence-electron chi connectivity index (χ0n) is 20.7. The van der Waals surface area contributed by atoms with Gasteiger partial charge in [0.25, 0.3) is 6.43 Å². The molecule has 0 amide bonds. The summed E-state index contributed by atoms with van der Waals surface area (Å²) < 4.78 is 28.1. The quantitative estimate of drug-likeness (QED) is 0.361. The van der Waals surface area contributed by atoms with Crippen molar-refractivity contribution >= 4 is 29.1 Å². The van der Waals surface area contributed by atoms with Crippen LogP contribution < -0.4 is 4.31 Å². The van der Waals surface area contributed by atoms with Gasteiger partial charge in [-0.3, -0.25) is 0 Å². The number of anilines is 1. The van der Waals surface area contributed by atoms with Crippen LogP contribution in [0.1, 0.15) is 63.5 Å². The lowest BCUT2D eigenvalue weighted by Crippen LogP contribution is -2.45. The van der Waals surface area contributed by atoms with Crippen LogP contribution in [0.15, 0.2) is 64.8 Å². The van der Waals surface area contributed by atoms with Crippen molar-refractivity contribution < 1.29 is 8.78 Å². The summed E-state index contributed by atoms with van der Waals surface area (Å²) in [6, 6.07) is 19.5. The molecule has 2 aromatic carbocycles. The predicted octanol–water partition coefficient (Wildman–Crippen LogP) is 7.20. The van der Waals surface area contributed by atoms with Crippen LogP contribution in [0.3, 0.4) is 0 Å². The topological polar surface area (TPSA) is 31.2 Å². The van der Waals surface area contributed by atoms with Crippen LogP contribution in [0.4, 0.5) is 14.5 Å². The first-order valence-corrected chi connectivity index (χ1v) is 13.7. The molecule has 1 saturated carbocycles. The maximum atomic E-state index is 12.9. The minimum atomic E-state index is -2.54. The summed E-state index contributed by atoms with van der Waals surface area (Å²) >= 11 is 1.97. The molecule has 0 atom stereocenters. The summed E-state index contributed by atoms with van der Waals surface area (Å²) in [6.45, 7) is 7.22. The minimum Gasteiger partial charge on any atom is -0.312 e. The molecule has 35 heavy (non-hydrogen) atoms. The molecule has 0 spiro atoms. The van der Waals surface area contributed by atoms with Crippen LogP contribution in [0.5, 0.6) is 0 Å². The summed E-state index contributed by atoms with van der Waals surface area (Å²) in [7, 11) is 0. The van der Waals surface area contributed by atoms with Crippen molar-refractivity contribution in [3.63, 3.8) is 0 Å². The molecule has 7 heteroatoms. The van der Waals surface area contributed by atoms with Gasteiger partial charge in [-0.05, 0) is 74.0 Å². The van der Waals surface area contributed by atoms with Crippen molar-refractivity contribution in [2.45, 2.75) is 76.6 Å². The second-order valence-electron chi connectivity index (χ2n) is 9.11. The Morgan fingerprint density at radius 2 is 1.63 bits per heavy atom. The molecular weight excluding hydrogens is 462 g/mol. The smallest absolute Gasteiger partial charge is 0.278 e. The molecule has 0 bridgehead atoms. The standard InChI is InChI=1S/C26H30F2N4S.C2H6/c27-26(28)25-17-24(29-30-25)20-11-9-19(10-12-20)18-32(22-5-2-1-3-6-22)33-23-13-15-31(16-14-23)21-7-4-8-21;1-2/h1-3,5-6,9-12,21,23,26H,4,7-8,13-18H2;1-2H3. The fraction of sp³-hybridized carbons (Fsp3) is 0.500. The average Bonchev–Trinajstić information content (AvgIpc) is 3.37. The Labute approximate surface area is 212 Å². The third-order valence-electron chi connectivity index (χ3n) is 6.90. The molecule has 188 valence electrons. The number of nitrogens with zero attached hydrogens (tertiary/aromatic N) is 4. The molecule has 2 aromatic rings. The number of piperidine rings is 1. The van der Waals surface area contributed by atoms with Crippen molar-refractivity contribution in [1.82, 2.24) is 4.90 Å². The molecule has 0 radical (unpaired) electrons. The van der Waals surface area contributed by atoms with Gasteiger partial charge in [0.05, 0.1) is 12.3 Å². The van der Waals surface area contributed by atoms with Gasteiger partial charge < -0.3 is 9.21 Å². The van der Waals surface area contributed by atoms with E-state index in [1.807, 2.05) is 37.9 Å². The number of hydrogen-bond acceptors (Lipinski definition) is 5. The van der Waals surface area contributed by atoms with E-state index in [4.69, 9.17) is 0 Å². The zero-order chi connectivity index (χ0) is 24.6. The SMILES string of the molecule is CC.FC(F)C1=NN=C(c2ccc(CN(SC3CCN(C4CCC4)CC3)c3ccccc3)cc2)C1. The van der Waals surface area contributed by atoms with Gasteiger partial charge in [-0.25, -0.2) is 8.78 Å². The third-order valence-corrected chi connectivity index (χ3v) is 8.27. The Kier molecular flexibility index (Phi) is 9.32. The van der Waals surface area contributed by atoms with E-state index in [2.05, 4.69) is 61.9 Å².